The number of fused-ring (bicyclic) bond motifs is 3. The molecule has 2 aliphatic rings. The van der Waals surface area contributed by atoms with Crippen molar-refractivity contribution in [2.24, 2.45) is 0 Å². The molecule has 168 valence electrons. The molecule has 0 amide bonds. The third kappa shape index (κ3) is 4.28. The number of ether oxygens (including phenoxy) is 2. The fourth-order valence-corrected chi connectivity index (χ4v) is 4.49. The van der Waals surface area contributed by atoms with E-state index in [0.29, 0.717) is 24.7 Å². The van der Waals surface area contributed by atoms with Gasteiger partial charge in [0.15, 0.2) is 11.5 Å². The maximum atomic E-state index is 10.4. The smallest absolute Gasteiger partial charge is 0.162 e. The Balaban J connectivity index is 1.34. The summed E-state index contributed by atoms with van der Waals surface area (Å²) < 4.78 is 11.9. The van der Waals surface area contributed by atoms with Crippen molar-refractivity contribution in [1.29, 1.82) is 0 Å². The van der Waals surface area contributed by atoms with Crippen LogP contribution in [-0.4, -0.2) is 64.1 Å². The molecule has 5 rings (SSSR count). The molecule has 1 aliphatic heterocycles. The highest BCUT2D eigenvalue weighted by molar-refractivity contribution is 5.81. The molecule has 1 fully saturated rings. The Morgan fingerprint density at radius 3 is 2.84 bits per heavy atom. The number of aliphatic hydroxyl groups excluding tert-OH is 1. The van der Waals surface area contributed by atoms with Gasteiger partial charge in [-0.25, -0.2) is 0 Å². The Morgan fingerprint density at radius 2 is 2.06 bits per heavy atom. The standard InChI is InChI=1S/C24H29N5O3/c1-2-31-21-11-16-10-20-23(27-28-24(20)26-17-6-5-7-25-13-17)19(16)12-22(21)32-15-18(30)14-29-8-3-4-9-29/h5-7,11-13,18,30H,2-4,8-10,14-15H2,1H3,(H2,26,27,28). The lowest BCUT2D eigenvalue weighted by molar-refractivity contribution is 0.0744. The monoisotopic (exact) mass is 435 g/mol. The third-order valence-electron chi connectivity index (χ3n) is 5.99. The molecule has 32 heavy (non-hydrogen) atoms. The van der Waals surface area contributed by atoms with Crippen LogP contribution in [0, 0.1) is 0 Å². The predicted molar refractivity (Wildman–Crippen MR) is 123 cm³/mol. The number of pyridine rings is 1. The van der Waals surface area contributed by atoms with Crippen LogP contribution < -0.4 is 14.8 Å². The first-order valence-corrected chi connectivity index (χ1v) is 11.3. The molecule has 0 spiro atoms. The number of likely N-dealkylation sites (tertiary alicyclic amines) is 1. The van der Waals surface area contributed by atoms with Gasteiger partial charge in [-0.05, 0) is 62.7 Å². The van der Waals surface area contributed by atoms with Crippen molar-refractivity contribution in [3.05, 3.63) is 47.8 Å². The molecule has 8 nitrogen and oxygen atoms in total. The molecule has 2 aromatic heterocycles. The van der Waals surface area contributed by atoms with Gasteiger partial charge in [-0.1, -0.05) is 0 Å². The molecule has 1 saturated heterocycles. The van der Waals surface area contributed by atoms with E-state index in [0.717, 1.165) is 53.4 Å². The topological polar surface area (TPSA) is 95.5 Å². The summed E-state index contributed by atoms with van der Waals surface area (Å²) >= 11 is 0. The lowest BCUT2D eigenvalue weighted by Crippen LogP contribution is -2.33. The fraction of sp³-hybridized carbons (Fsp3) is 0.417. The Labute approximate surface area is 187 Å². The maximum Gasteiger partial charge on any atom is 0.162 e. The summed E-state index contributed by atoms with van der Waals surface area (Å²) in [4.78, 5) is 6.44. The highest BCUT2D eigenvalue weighted by Crippen LogP contribution is 2.44. The van der Waals surface area contributed by atoms with Crippen molar-refractivity contribution in [1.82, 2.24) is 20.1 Å². The van der Waals surface area contributed by atoms with Crippen LogP contribution in [0.25, 0.3) is 11.3 Å². The van der Waals surface area contributed by atoms with Crippen LogP contribution in [0.5, 0.6) is 11.5 Å². The first-order chi connectivity index (χ1) is 15.7. The maximum absolute atomic E-state index is 10.4. The fourth-order valence-electron chi connectivity index (χ4n) is 4.49. The van der Waals surface area contributed by atoms with Crippen LogP contribution in [0.4, 0.5) is 11.5 Å². The number of nitrogens with zero attached hydrogens (tertiary/aromatic N) is 3. The van der Waals surface area contributed by atoms with Crippen molar-refractivity contribution in [2.45, 2.75) is 32.3 Å². The summed E-state index contributed by atoms with van der Waals surface area (Å²) in [6.45, 7) is 5.48. The van der Waals surface area contributed by atoms with Gasteiger partial charge >= 0.3 is 0 Å². The summed E-state index contributed by atoms with van der Waals surface area (Å²) in [6, 6.07) is 7.89. The Morgan fingerprint density at radius 1 is 1.22 bits per heavy atom. The van der Waals surface area contributed by atoms with E-state index in [1.807, 2.05) is 31.2 Å². The van der Waals surface area contributed by atoms with E-state index in [9.17, 15) is 5.11 Å². The van der Waals surface area contributed by atoms with E-state index in [1.165, 1.54) is 12.8 Å². The van der Waals surface area contributed by atoms with Crippen LogP contribution in [0.1, 0.15) is 30.9 Å². The van der Waals surface area contributed by atoms with Crippen LogP contribution in [0.3, 0.4) is 0 Å². The molecule has 0 saturated carbocycles. The average Bonchev–Trinajstić information content (AvgIpc) is 3.52. The number of rotatable bonds is 9. The number of aromatic nitrogens is 3. The lowest BCUT2D eigenvalue weighted by atomic mass is 10.1. The molecule has 3 heterocycles. The van der Waals surface area contributed by atoms with Crippen LogP contribution in [0.2, 0.25) is 0 Å². The number of benzene rings is 1. The van der Waals surface area contributed by atoms with Gasteiger partial charge in [0, 0.05) is 30.3 Å². The van der Waals surface area contributed by atoms with Gasteiger partial charge in [0.1, 0.15) is 18.5 Å². The Hall–Kier alpha value is -3.10. The van der Waals surface area contributed by atoms with Gasteiger partial charge in [-0.3, -0.25) is 10.1 Å². The molecule has 1 aromatic carbocycles. The van der Waals surface area contributed by atoms with Gasteiger partial charge in [0.25, 0.3) is 0 Å². The van der Waals surface area contributed by atoms with E-state index in [-0.39, 0.29) is 6.61 Å². The highest BCUT2D eigenvalue weighted by atomic mass is 16.5. The molecule has 0 radical (unpaired) electrons. The Bertz CT molecular complexity index is 1060. The Kier molecular flexibility index (Phi) is 5.96. The zero-order chi connectivity index (χ0) is 21.9. The minimum absolute atomic E-state index is 0.233. The first kappa shape index (κ1) is 20.8. The molecule has 1 unspecified atom stereocenters. The van der Waals surface area contributed by atoms with Crippen molar-refractivity contribution in [2.75, 3.05) is 38.2 Å². The van der Waals surface area contributed by atoms with Crippen LogP contribution in [0.15, 0.2) is 36.7 Å². The van der Waals surface area contributed by atoms with E-state index in [1.54, 1.807) is 12.4 Å². The summed E-state index contributed by atoms with van der Waals surface area (Å²) in [6.07, 6.45) is 6.15. The minimum atomic E-state index is -0.535. The molecule has 1 aliphatic carbocycles. The first-order valence-electron chi connectivity index (χ1n) is 11.3. The molecule has 3 aromatic rings. The highest BCUT2D eigenvalue weighted by Gasteiger charge is 2.27. The summed E-state index contributed by atoms with van der Waals surface area (Å²) in [5, 5.41) is 21.5. The number of β-amino-alcohol motifs (C(OH)–C–C–N with tert-alkyl or cyclic N) is 1. The molecular weight excluding hydrogens is 406 g/mol. The number of aliphatic hydroxyl groups is 1. The quantitative estimate of drug-likeness (QED) is 0.371. The molecular formula is C24H29N5O3. The number of hydrogen-bond acceptors (Lipinski definition) is 7. The predicted octanol–water partition coefficient (Wildman–Crippen LogP) is 3.35. The van der Waals surface area contributed by atoms with Gasteiger partial charge in [0.2, 0.25) is 0 Å². The van der Waals surface area contributed by atoms with Gasteiger partial charge in [-0.2, -0.15) is 5.10 Å². The van der Waals surface area contributed by atoms with Gasteiger partial charge < -0.3 is 24.8 Å². The van der Waals surface area contributed by atoms with E-state index >= 15 is 0 Å². The van der Waals surface area contributed by atoms with E-state index < -0.39 is 6.10 Å². The van der Waals surface area contributed by atoms with Crippen LogP contribution in [-0.2, 0) is 6.42 Å². The zero-order valence-electron chi connectivity index (χ0n) is 18.3. The number of aromatic amines is 1. The summed E-state index contributed by atoms with van der Waals surface area (Å²) in [5.41, 5.74) is 5.11. The van der Waals surface area contributed by atoms with Crippen molar-refractivity contribution < 1.29 is 14.6 Å². The summed E-state index contributed by atoms with van der Waals surface area (Å²) in [7, 11) is 0. The molecule has 8 heteroatoms. The van der Waals surface area contributed by atoms with Gasteiger partial charge in [0.05, 0.1) is 24.2 Å². The number of anilines is 2. The molecule has 1 atom stereocenters. The second-order valence-corrected chi connectivity index (χ2v) is 8.33. The molecule has 3 N–H and O–H groups in total. The number of H-pyrrole nitrogens is 1. The third-order valence-corrected chi connectivity index (χ3v) is 5.99. The van der Waals surface area contributed by atoms with E-state index in [4.69, 9.17) is 9.47 Å². The van der Waals surface area contributed by atoms with Crippen molar-refractivity contribution >= 4 is 11.5 Å². The average molecular weight is 436 g/mol. The van der Waals surface area contributed by atoms with Gasteiger partial charge in [-0.15, -0.1) is 0 Å². The largest absolute Gasteiger partial charge is 0.490 e. The molecule has 0 bridgehead atoms. The summed E-state index contributed by atoms with van der Waals surface area (Å²) in [5.74, 6) is 2.21. The minimum Gasteiger partial charge on any atom is -0.490 e. The van der Waals surface area contributed by atoms with E-state index in [2.05, 4.69) is 25.4 Å². The number of hydrogen-bond donors (Lipinski definition) is 3. The van der Waals surface area contributed by atoms with Crippen LogP contribution >= 0.6 is 0 Å². The second kappa shape index (κ2) is 9.18. The lowest BCUT2D eigenvalue weighted by Gasteiger charge is -2.20. The normalized spacial score (nSPS) is 15.9. The SMILES string of the molecule is CCOc1cc2c(cc1OCC(O)CN1CCCC1)-c1n[nH]c(Nc3cccnc3)c1C2. The number of nitrogens with one attached hydrogen (secondary N) is 2. The second-order valence-electron chi connectivity index (χ2n) is 8.33. The zero-order valence-corrected chi connectivity index (χ0v) is 18.3. The van der Waals surface area contributed by atoms with Crippen molar-refractivity contribution in [3.63, 3.8) is 0 Å². The van der Waals surface area contributed by atoms with Crippen molar-refractivity contribution in [3.8, 4) is 22.8 Å².